The van der Waals surface area contributed by atoms with Crippen LogP contribution in [0.25, 0.3) is 0 Å². The Kier molecular flexibility index (Phi) is 34.0. The van der Waals surface area contributed by atoms with Crippen LogP contribution < -0.4 is 37.3 Å². The van der Waals surface area contributed by atoms with Crippen molar-refractivity contribution in [2.75, 3.05) is 26.4 Å². The van der Waals surface area contributed by atoms with Crippen molar-refractivity contribution in [1.29, 1.82) is 10.5 Å². The molecule has 0 radical (unpaired) electrons. The predicted molar refractivity (Wildman–Crippen MR) is 98.8 cm³/mol. The van der Waals surface area contributed by atoms with Gasteiger partial charge in [0.25, 0.3) is 0 Å². The van der Waals surface area contributed by atoms with Gasteiger partial charge in [0.1, 0.15) is 0 Å². The average Bonchev–Trinajstić information content (AvgIpc) is 2.66. The minimum Gasteiger partial charge on any atom is -0.389 e. The molecule has 0 aromatic carbocycles. The first kappa shape index (κ1) is 44.6. The Bertz CT molecular complexity index is 658. The van der Waals surface area contributed by atoms with Crippen molar-refractivity contribution in [1.82, 2.24) is 0 Å². The van der Waals surface area contributed by atoms with Crippen LogP contribution in [0.2, 0.25) is 0 Å². The molecule has 1 aliphatic rings. The summed E-state index contributed by atoms with van der Waals surface area (Å²) in [5.41, 5.74) is 2.66. The SMILES string of the molecule is C/C1=N\OC/C(C)=N/OC/C(C)=N/OC/C(C)=N/OC1.CC#N.CC#N.[Ni+2].[O-][Cl+3]([O-])([O-])[O-].[O-][Cl+3]([O-])([O-])[O-]. The fourth-order valence-corrected chi connectivity index (χ4v) is 1.05. The quantitative estimate of drug-likeness (QED) is 0.226. The Morgan fingerprint density at radius 1 is 0.541 bits per heavy atom. The molecule has 1 rings (SSSR count). The van der Waals surface area contributed by atoms with Crippen LogP contribution in [0.1, 0.15) is 41.5 Å². The minimum atomic E-state index is -4.94. The zero-order valence-corrected chi connectivity index (χ0v) is 23.0. The Hall–Kier alpha value is -2.39. The zero-order chi connectivity index (χ0) is 29.2. The minimum absolute atomic E-state index is 0. The maximum atomic E-state index is 8.49. The van der Waals surface area contributed by atoms with E-state index in [0.717, 1.165) is 0 Å². The summed E-state index contributed by atoms with van der Waals surface area (Å²) in [6.45, 7) is 10.9. The van der Waals surface area contributed by atoms with Crippen molar-refractivity contribution in [2.45, 2.75) is 41.5 Å². The molecule has 0 aliphatic carbocycles. The molecule has 216 valence electrons. The molecular formula is C16H26Cl2N6NiO12. The zero-order valence-electron chi connectivity index (χ0n) is 20.5. The maximum Gasteiger partial charge on any atom is 2.00 e. The monoisotopic (exact) mass is 622 g/mol. The fourth-order valence-electron chi connectivity index (χ4n) is 1.05. The Balaban J connectivity index is -0.000000165. The molecule has 0 bridgehead atoms. The van der Waals surface area contributed by atoms with E-state index >= 15 is 0 Å². The van der Waals surface area contributed by atoms with Gasteiger partial charge in [0.05, 0.1) is 35.0 Å². The van der Waals surface area contributed by atoms with Crippen molar-refractivity contribution in [3.63, 3.8) is 0 Å². The van der Waals surface area contributed by atoms with Crippen LogP contribution in [0.15, 0.2) is 20.6 Å². The molecule has 0 N–H and O–H groups in total. The van der Waals surface area contributed by atoms with Crippen molar-refractivity contribution in [2.24, 2.45) is 20.6 Å². The van der Waals surface area contributed by atoms with Gasteiger partial charge in [-0.2, -0.15) is 10.5 Å². The summed E-state index contributed by atoms with van der Waals surface area (Å²) in [6, 6.07) is 3.50. The van der Waals surface area contributed by atoms with E-state index in [4.69, 9.17) is 67.1 Å². The number of rotatable bonds is 0. The van der Waals surface area contributed by atoms with Crippen LogP contribution in [0.5, 0.6) is 0 Å². The molecule has 0 aromatic heterocycles. The molecule has 0 unspecified atom stereocenters. The third-order valence-electron chi connectivity index (χ3n) is 1.98. The van der Waals surface area contributed by atoms with Crippen LogP contribution in [-0.4, -0.2) is 49.3 Å². The number of nitriles is 2. The van der Waals surface area contributed by atoms with Gasteiger partial charge in [-0.15, -0.1) is 20.5 Å². The van der Waals surface area contributed by atoms with Crippen molar-refractivity contribution in [3.05, 3.63) is 0 Å². The molecule has 0 aromatic rings. The van der Waals surface area contributed by atoms with Gasteiger partial charge < -0.3 is 19.4 Å². The third-order valence-corrected chi connectivity index (χ3v) is 1.98. The summed E-state index contributed by atoms with van der Waals surface area (Å²) in [5.74, 6) is 0. The van der Waals surface area contributed by atoms with Gasteiger partial charge in [0, 0.05) is 13.8 Å². The molecule has 0 saturated carbocycles. The van der Waals surface area contributed by atoms with Gasteiger partial charge in [0.15, 0.2) is 26.4 Å². The molecule has 0 spiro atoms. The van der Waals surface area contributed by atoms with Crippen molar-refractivity contribution in [3.8, 4) is 12.1 Å². The first-order valence-electron chi connectivity index (χ1n) is 8.88. The molecule has 0 atom stereocenters. The van der Waals surface area contributed by atoms with Gasteiger partial charge in [-0.3, -0.25) is 0 Å². The van der Waals surface area contributed by atoms with E-state index in [2.05, 4.69) is 20.6 Å². The summed E-state index contributed by atoms with van der Waals surface area (Å²) < 4.78 is 67.9. The molecule has 37 heavy (non-hydrogen) atoms. The van der Waals surface area contributed by atoms with E-state index in [1.54, 1.807) is 39.8 Å². The first-order valence-corrected chi connectivity index (χ1v) is 11.3. The number of nitrogens with zero attached hydrogens (tertiary/aromatic N) is 6. The van der Waals surface area contributed by atoms with Crippen molar-refractivity contribution >= 4 is 22.8 Å². The standard InChI is InChI=1S/C12H20N4O4.2C2H3N.2ClHO4.Ni/c1-9-5-17-14-11(3)7-19-16-12(4)8-20-15-10(2)6-18-13-9;2*1-2-3;2*2-1(3,4)5;/h5-8H2,1-4H3;2*1H3;2*(H,2,3,4,5);/q;;;;;+2/p-2/b13-9+,14-11+,15-10+,16-12+;;;;;. The van der Waals surface area contributed by atoms with Crippen LogP contribution in [-0.2, 0) is 35.8 Å². The summed E-state index contributed by atoms with van der Waals surface area (Å²) in [7, 11) is -9.89. The number of hydrogen-bond acceptors (Lipinski definition) is 18. The van der Waals surface area contributed by atoms with E-state index in [-0.39, 0.29) is 42.9 Å². The average molecular weight is 624 g/mol. The number of oxime groups is 4. The second-order valence-corrected chi connectivity index (χ2v) is 7.11. The molecule has 0 saturated heterocycles. The van der Waals surface area contributed by atoms with Gasteiger partial charge in [-0.05, 0) is 27.7 Å². The van der Waals surface area contributed by atoms with Gasteiger partial charge in [0.2, 0.25) is 0 Å². The third kappa shape index (κ3) is 71.9. The summed E-state index contributed by atoms with van der Waals surface area (Å²) in [5, 5.41) is 30.1. The summed E-state index contributed by atoms with van der Waals surface area (Å²) in [6.07, 6.45) is 0. The fraction of sp³-hybridized carbons (Fsp3) is 0.625. The largest absolute Gasteiger partial charge is 2.00 e. The molecular weight excluding hydrogens is 598 g/mol. The molecule has 1 heterocycles. The Morgan fingerprint density at radius 3 is 0.757 bits per heavy atom. The van der Waals surface area contributed by atoms with Crippen LogP contribution in [0.4, 0.5) is 0 Å². The van der Waals surface area contributed by atoms with E-state index in [9.17, 15) is 0 Å². The molecule has 18 nitrogen and oxygen atoms in total. The van der Waals surface area contributed by atoms with Gasteiger partial charge in [-0.25, -0.2) is 37.3 Å². The number of hydrogen-bond donors (Lipinski definition) is 0. The van der Waals surface area contributed by atoms with Gasteiger partial charge >= 0.3 is 16.5 Å². The number of halogens is 2. The molecule has 1 aliphatic heterocycles. The topological polar surface area (TPSA) is 318 Å². The predicted octanol–water partition coefficient (Wildman–Crippen LogP) is -6.88. The first-order chi connectivity index (χ1) is 16.4. The summed E-state index contributed by atoms with van der Waals surface area (Å²) >= 11 is 0. The Morgan fingerprint density at radius 2 is 0.649 bits per heavy atom. The normalized spacial score (nSPS) is 19.6. The van der Waals surface area contributed by atoms with Crippen molar-refractivity contribution < 1.29 is 93.6 Å². The van der Waals surface area contributed by atoms with Gasteiger partial charge in [-0.1, -0.05) is 20.6 Å². The molecule has 0 amide bonds. The van der Waals surface area contributed by atoms with E-state index in [0.29, 0.717) is 22.8 Å². The Labute approximate surface area is 227 Å². The van der Waals surface area contributed by atoms with Crippen LogP contribution in [0, 0.1) is 43.1 Å². The van der Waals surface area contributed by atoms with Crippen LogP contribution >= 0.6 is 0 Å². The van der Waals surface area contributed by atoms with E-state index in [1.165, 1.54) is 13.8 Å². The smallest absolute Gasteiger partial charge is 0.389 e. The maximum absolute atomic E-state index is 8.49. The second kappa shape index (κ2) is 28.2. The van der Waals surface area contributed by atoms with E-state index in [1.807, 2.05) is 0 Å². The van der Waals surface area contributed by atoms with Crippen LogP contribution in [0.3, 0.4) is 0 Å². The van der Waals surface area contributed by atoms with E-state index < -0.39 is 20.5 Å². The second-order valence-electron chi connectivity index (χ2n) is 5.60. The summed E-state index contributed by atoms with van der Waals surface area (Å²) in [4.78, 5) is 20.4. The molecule has 0 fully saturated rings. The molecule has 21 heteroatoms.